The molecule has 0 fully saturated rings. The van der Waals surface area contributed by atoms with Crippen LogP contribution in [0.2, 0.25) is 0 Å². The quantitative estimate of drug-likeness (QED) is 0.855. The van der Waals surface area contributed by atoms with Crippen molar-refractivity contribution >= 4 is 28.3 Å². The maximum Gasteiger partial charge on any atom is 0.358 e. The molecule has 22 heavy (non-hydrogen) atoms. The Labute approximate surface area is 131 Å². The molecule has 0 aliphatic heterocycles. The number of amides is 1. The molecule has 1 heterocycles. The van der Waals surface area contributed by atoms with Gasteiger partial charge in [0.2, 0.25) is 5.91 Å². The number of carbonyl (C=O) groups excluding carboxylic acids is 2. The van der Waals surface area contributed by atoms with Crippen LogP contribution in [0.15, 0.2) is 29.6 Å². The lowest BCUT2D eigenvalue weighted by Crippen LogP contribution is -2.12. The molecular weight excluding hydrogens is 307 g/mol. The number of hydrogen-bond acceptors (Lipinski definition) is 5. The van der Waals surface area contributed by atoms with Gasteiger partial charge < -0.3 is 10.1 Å². The van der Waals surface area contributed by atoms with Gasteiger partial charge in [-0.2, -0.15) is 0 Å². The summed E-state index contributed by atoms with van der Waals surface area (Å²) in [6, 6.07) is 5.81. The Morgan fingerprint density at radius 3 is 2.64 bits per heavy atom. The van der Waals surface area contributed by atoms with Gasteiger partial charge in [0.15, 0.2) is 10.8 Å². The first kappa shape index (κ1) is 16.1. The fourth-order valence-corrected chi connectivity index (χ4v) is 2.56. The van der Waals surface area contributed by atoms with Crippen LogP contribution >= 0.6 is 11.3 Å². The van der Waals surface area contributed by atoms with Crippen molar-refractivity contribution in [1.29, 1.82) is 0 Å². The molecule has 0 radical (unpaired) electrons. The minimum atomic E-state index is -0.580. The number of hydrogen-bond donors (Lipinski definition) is 1. The minimum absolute atomic E-state index is 0.134. The number of halogens is 1. The van der Waals surface area contributed by atoms with E-state index >= 15 is 0 Å². The van der Waals surface area contributed by atoms with Crippen LogP contribution in [0.25, 0.3) is 0 Å². The number of nitrogens with zero attached hydrogens (tertiary/aromatic N) is 1. The number of esters is 1. The average Bonchev–Trinajstić information content (AvgIpc) is 2.93. The minimum Gasteiger partial charge on any atom is -0.453 e. The maximum absolute atomic E-state index is 12.9. The Balaban J connectivity index is 2.07. The molecule has 0 bridgehead atoms. The van der Waals surface area contributed by atoms with Gasteiger partial charge in [0.1, 0.15) is 11.9 Å². The number of rotatable bonds is 5. The van der Waals surface area contributed by atoms with Gasteiger partial charge >= 0.3 is 5.97 Å². The van der Waals surface area contributed by atoms with Gasteiger partial charge in [-0.3, -0.25) is 4.79 Å². The van der Waals surface area contributed by atoms with Gasteiger partial charge in [-0.15, -0.1) is 11.3 Å². The number of nitrogens with one attached hydrogen (secondary N) is 1. The van der Waals surface area contributed by atoms with Crippen molar-refractivity contribution in [3.05, 3.63) is 46.7 Å². The van der Waals surface area contributed by atoms with E-state index in [0.717, 1.165) is 16.9 Å². The van der Waals surface area contributed by atoms with E-state index in [4.69, 9.17) is 4.74 Å². The Morgan fingerprint density at radius 1 is 1.36 bits per heavy atom. The topological polar surface area (TPSA) is 68.3 Å². The fraction of sp³-hybridized carbons (Fsp3) is 0.267. The number of thiazole rings is 1. The van der Waals surface area contributed by atoms with E-state index < -0.39 is 12.1 Å². The third-order valence-corrected chi connectivity index (χ3v) is 3.62. The first-order chi connectivity index (χ1) is 10.5. The second-order valence-electron chi connectivity index (χ2n) is 4.57. The van der Waals surface area contributed by atoms with E-state index in [1.807, 2.05) is 6.92 Å². The van der Waals surface area contributed by atoms with E-state index in [0.29, 0.717) is 11.6 Å². The zero-order valence-electron chi connectivity index (χ0n) is 12.1. The summed E-state index contributed by atoms with van der Waals surface area (Å²) in [5.41, 5.74) is 0.851. The van der Waals surface area contributed by atoms with Gasteiger partial charge in [0.25, 0.3) is 0 Å². The van der Waals surface area contributed by atoms with Crippen molar-refractivity contribution in [2.24, 2.45) is 0 Å². The summed E-state index contributed by atoms with van der Waals surface area (Å²) in [5, 5.41) is 4.37. The molecule has 1 atom stereocenters. The van der Waals surface area contributed by atoms with Crippen LogP contribution in [0.4, 0.5) is 9.52 Å². The summed E-state index contributed by atoms with van der Waals surface area (Å²) in [5.74, 6) is -1.18. The predicted molar refractivity (Wildman–Crippen MR) is 81.3 cm³/mol. The maximum atomic E-state index is 12.9. The van der Waals surface area contributed by atoms with Crippen molar-refractivity contribution in [1.82, 2.24) is 4.98 Å². The Hall–Kier alpha value is -2.28. The second kappa shape index (κ2) is 7.13. The van der Waals surface area contributed by atoms with E-state index in [2.05, 4.69) is 10.3 Å². The van der Waals surface area contributed by atoms with E-state index in [9.17, 15) is 14.0 Å². The molecule has 1 aromatic heterocycles. The van der Waals surface area contributed by atoms with Gasteiger partial charge in [0, 0.05) is 12.3 Å². The Bertz CT molecular complexity index is 670. The van der Waals surface area contributed by atoms with Gasteiger partial charge in [0.05, 0.1) is 0 Å². The molecule has 5 nitrogen and oxygen atoms in total. The zero-order valence-corrected chi connectivity index (χ0v) is 12.9. The smallest absolute Gasteiger partial charge is 0.358 e. The van der Waals surface area contributed by atoms with Crippen LogP contribution in [0, 0.1) is 5.82 Å². The predicted octanol–water partition coefficient (Wildman–Crippen LogP) is 3.55. The molecule has 1 N–H and O–H groups in total. The summed E-state index contributed by atoms with van der Waals surface area (Å²) in [6.45, 7) is 3.23. The Kier molecular flexibility index (Phi) is 5.21. The van der Waals surface area contributed by atoms with E-state index in [1.54, 1.807) is 12.1 Å². The molecule has 1 amide bonds. The Morgan fingerprint density at radius 2 is 2.05 bits per heavy atom. The first-order valence-corrected chi connectivity index (χ1v) is 7.57. The molecule has 2 rings (SSSR count). The molecule has 0 spiro atoms. The highest BCUT2D eigenvalue weighted by molar-refractivity contribution is 7.14. The summed E-state index contributed by atoms with van der Waals surface area (Å²) >= 11 is 1.15. The van der Waals surface area contributed by atoms with Gasteiger partial charge in [-0.1, -0.05) is 19.1 Å². The van der Waals surface area contributed by atoms with Gasteiger partial charge in [-0.25, -0.2) is 14.2 Å². The molecular formula is C15H15FN2O3S. The molecule has 2 aromatic rings. The van der Waals surface area contributed by atoms with Crippen LogP contribution in [0.1, 0.15) is 42.4 Å². The van der Waals surface area contributed by atoms with Crippen LogP contribution in [0.5, 0.6) is 0 Å². The standard InChI is InChI=1S/C15H15FN2O3S/c1-3-13(10-4-6-11(16)7-5-10)21-14(20)12-8-22-15(18-12)17-9(2)19/h4-8,13H,3H2,1-2H3,(H,17,18,19)/t13-/m1/s1. The molecule has 0 aliphatic rings. The fourth-order valence-electron chi connectivity index (χ4n) is 1.83. The van der Waals surface area contributed by atoms with E-state index in [1.165, 1.54) is 24.4 Å². The lowest BCUT2D eigenvalue weighted by Gasteiger charge is -2.15. The summed E-state index contributed by atoms with van der Waals surface area (Å²) in [7, 11) is 0. The lowest BCUT2D eigenvalue weighted by atomic mass is 10.1. The molecule has 1 aromatic carbocycles. The number of carbonyl (C=O) groups is 2. The van der Waals surface area contributed by atoms with Crippen LogP contribution < -0.4 is 5.32 Å². The largest absolute Gasteiger partial charge is 0.453 e. The molecule has 0 aliphatic carbocycles. The third-order valence-electron chi connectivity index (χ3n) is 2.86. The average molecular weight is 322 g/mol. The normalized spacial score (nSPS) is 11.8. The number of aromatic nitrogens is 1. The van der Waals surface area contributed by atoms with Crippen LogP contribution in [-0.4, -0.2) is 16.9 Å². The summed E-state index contributed by atoms with van der Waals surface area (Å²) in [6.07, 6.45) is 0.0825. The highest BCUT2D eigenvalue weighted by Crippen LogP contribution is 2.24. The van der Waals surface area contributed by atoms with Crippen molar-refractivity contribution in [3.63, 3.8) is 0 Å². The molecule has 0 saturated heterocycles. The highest BCUT2D eigenvalue weighted by atomic mass is 32.1. The van der Waals surface area contributed by atoms with Crippen molar-refractivity contribution < 1.29 is 18.7 Å². The molecule has 0 unspecified atom stereocenters. The number of ether oxygens (including phenoxy) is 1. The first-order valence-electron chi connectivity index (χ1n) is 6.69. The lowest BCUT2D eigenvalue weighted by molar-refractivity contribution is -0.114. The second-order valence-corrected chi connectivity index (χ2v) is 5.43. The third kappa shape index (κ3) is 4.11. The van der Waals surface area contributed by atoms with Gasteiger partial charge in [-0.05, 0) is 24.1 Å². The van der Waals surface area contributed by atoms with E-state index in [-0.39, 0.29) is 17.4 Å². The number of benzene rings is 1. The van der Waals surface area contributed by atoms with Crippen molar-refractivity contribution in [2.75, 3.05) is 5.32 Å². The molecule has 116 valence electrons. The number of anilines is 1. The van der Waals surface area contributed by atoms with Crippen LogP contribution in [0.3, 0.4) is 0 Å². The zero-order chi connectivity index (χ0) is 16.1. The molecule has 0 saturated carbocycles. The monoisotopic (exact) mass is 322 g/mol. The molecule has 7 heteroatoms. The summed E-state index contributed by atoms with van der Waals surface area (Å²) in [4.78, 5) is 27.0. The van der Waals surface area contributed by atoms with Crippen molar-refractivity contribution in [2.45, 2.75) is 26.4 Å². The van der Waals surface area contributed by atoms with Crippen molar-refractivity contribution in [3.8, 4) is 0 Å². The highest BCUT2D eigenvalue weighted by Gasteiger charge is 2.19. The summed E-state index contributed by atoms with van der Waals surface area (Å²) < 4.78 is 18.3. The van der Waals surface area contributed by atoms with Crippen LogP contribution in [-0.2, 0) is 9.53 Å². The SMILES string of the molecule is CC[C@@H](OC(=O)c1csc(NC(C)=O)n1)c1ccc(F)cc1.